The first-order chi connectivity index (χ1) is 30.5. The van der Waals surface area contributed by atoms with Gasteiger partial charge in [0.2, 0.25) is 10.8 Å². The highest BCUT2D eigenvalue weighted by Crippen LogP contribution is 2.59. The maximum Gasteiger partial charge on any atom is 0.411 e. The standard InChI is InChI=1S/C42H32F12N2O10/c1-19-11-20(5-9-31(19)65-17-24(59)15-57)37(39(43,44)45,40(46,47)48)23-6-10-32(66-18-25(60)16-58)30(14-23)56-35(63)27-8-4-22(13-29(27)36(56)64)38(41(49,50)51,42(52,53)54)21-3-7-26-28(12-21)34(62)55(2)33(26)61/h3-14,24-25,57-60H,15-18H2,1-2H3. The second-order valence-electron chi connectivity index (χ2n) is 15.1. The molecule has 2 aliphatic heterocycles. The number of rotatable bonds is 13. The van der Waals surface area contributed by atoms with E-state index in [4.69, 9.17) is 14.6 Å². The van der Waals surface area contributed by atoms with Crippen LogP contribution in [-0.4, -0.2) is 119 Å². The number of hydrogen-bond donors (Lipinski definition) is 4. The SMILES string of the molecule is Cc1cc(C(c2ccc(OCC(O)CO)c(N3C(=O)c4ccc(C(c5ccc6c(c5)C(=O)N(C)C6=O)(C(F)(F)F)C(F)(F)F)cc4C3=O)c2)(C(F)(F)F)C(F)(F)F)ccc1OCC(O)CO. The van der Waals surface area contributed by atoms with E-state index in [2.05, 4.69) is 0 Å². The Morgan fingerprint density at radius 1 is 0.500 bits per heavy atom. The van der Waals surface area contributed by atoms with Gasteiger partial charge in [0.1, 0.15) is 36.9 Å². The highest BCUT2D eigenvalue weighted by atomic mass is 19.4. The summed E-state index contributed by atoms with van der Waals surface area (Å²) >= 11 is 0. The summed E-state index contributed by atoms with van der Waals surface area (Å²) in [6.07, 6.45) is -28.8. The number of alkyl halides is 12. The normalized spacial score (nSPS) is 15.9. The Balaban J connectivity index is 1.57. The maximum absolute atomic E-state index is 15.4. The van der Waals surface area contributed by atoms with Crippen LogP contribution in [0.15, 0.2) is 72.8 Å². The number of carbonyl (C=O) groups excluding carboxylic acids is 4. The molecule has 0 saturated carbocycles. The van der Waals surface area contributed by atoms with Gasteiger partial charge in [-0.15, -0.1) is 0 Å². The molecule has 4 aromatic carbocycles. The summed E-state index contributed by atoms with van der Waals surface area (Å²) in [4.78, 5) is 53.6. The molecule has 0 bridgehead atoms. The van der Waals surface area contributed by atoms with E-state index >= 15 is 52.7 Å². The smallest absolute Gasteiger partial charge is 0.411 e. The van der Waals surface area contributed by atoms with Crippen LogP contribution in [0.2, 0.25) is 0 Å². The van der Waals surface area contributed by atoms with Gasteiger partial charge in [0.05, 0.1) is 41.2 Å². The van der Waals surface area contributed by atoms with Crippen LogP contribution in [0.25, 0.3) is 0 Å². The number of ether oxygens (including phenoxy) is 2. The minimum absolute atomic E-state index is 0.00947. The largest absolute Gasteiger partial charge is 0.491 e. The van der Waals surface area contributed by atoms with Gasteiger partial charge in [0.15, 0.2) is 0 Å². The molecule has 12 nitrogen and oxygen atoms in total. The average Bonchev–Trinajstić information content (AvgIpc) is 3.59. The minimum atomic E-state index is -6.39. The Hall–Kier alpha value is -6.24. The number of hydrogen-bond acceptors (Lipinski definition) is 10. The van der Waals surface area contributed by atoms with Crippen molar-refractivity contribution < 1.29 is 102 Å². The van der Waals surface area contributed by atoms with Crippen molar-refractivity contribution in [3.63, 3.8) is 0 Å². The lowest BCUT2D eigenvalue weighted by Crippen LogP contribution is -2.55. The van der Waals surface area contributed by atoms with Gasteiger partial charge in [0.25, 0.3) is 23.6 Å². The van der Waals surface area contributed by atoms with Crippen molar-refractivity contribution in [1.82, 2.24) is 4.90 Å². The molecule has 2 aliphatic rings. The molecule has 0 fully saturated rings. The Kier molecular flexibility index (Phi) is 12.6. The van der Waals surface area contributed by atoms with E-state index in [9.17, 15) is 34.5 Å². The predicted molar refractivity (Wildman–Crippen MR) is 201 cm³/mol. The van der Waals surface area contributed by atoms with Crippen molar-refractivity contribution in [3.8, 4) is 11.5 Å². The highest BCUT2D eigenvalue weighted by Gasteiger charge is 2.74. The molecule has 0 saturated heterocycles. The molecule has 24 heteroatoms. The first kappa shape index (κ1) is 49.2. The van der Waals surface area contributed by atoms with Gasteiger partial charge in [0, 0.05) is 7.05 Å². The van der Waals surface area contributed by atoms with E-state index in [1.54, 1.807) is 0 Å². The number of fused-ring (bicyclic) bond motifs is 2. The zero-order chi connectivity index (χ0) is 49.3. The van der Waals surface area contributed by atoms with Crippen molar-refractivity contribution in [2.24, 2.45) is 0 Å². The van der Waals surface area contributed by atoms with Crippen molar-refractivity contribution in [2.45, 2.75) is 54.7 Å². The number of aryl methyl sites for hydroxylation is 1. The monoisotopic (exact) mass is 952 g/mol. The van der Waals surface area contributed by atoms with Crippen molar-refractivity contribution in [3.05, 3.63) is 123 Å². The number of nitrogens with zero attached hydrogens (tertiary/aromatic N) is 2. The maximum atomic E-state index is 15.4. The Morgan fingerprint density at radius 3 is 1.29 bits per heavy atom. The number of anilines is 1. The fourth-order valence-corrected chi connectivity index (χ4v) is 7.82. The molecule has 4 aromatic rings. The lowest BCUT2D eigenvalue weighted by atomic mass is 9.71. The lowest BCUT2D eigenvalue weighted by Gasteiger charge is -2.39. The van der Waals surface area contributed by atoms with Crippen LogP contribution in [0.5, 0.6) is 11.5 Å². The summed E-state index contributed by atoms with van der Waals surface area (Å²) in [5.41, 5.74) is -22.2. The third kappa shape index (κ3) is 7.67. The van der Waals surface area contributed by atoms with E-state index in [-0.39, 0.29) is 52.6 Å². The fraction of sp³-hybridized carbons (Fsp3) is 0.333. The quantitative estimate of drug-likeness (QED) is 0.0880. The molecule has 2 atom stereocenters. The second-order valence-corrected chi connectivity index (χ2v) is 15.1. The zero-order valence-electron chi connectivity index (χ0n) is 33.6. The predicted octanol–water partition coefficient (Wildman–Crippen LogP) is 6.31. The number of aliphatic hydroxyl groups excluding tert-OH is 4. The molecule has 0 spiro atoms. The Labute approximate surface area is 363 Å². The van der Waals surface area contributed by atoms with Crippen molar-refractivity contribution in [1.29, 1.82) is 0 Å². The third-order valence-electron chi connectivity index (χ3n) is 11.1. The van der Waals surface area contributed by atoms with Gasteiger partial charge < -0.3 is 29.9 Å². The molecular weight excluding hydrogens is 920 g/mol. The van der Waals surface area contributed by atoms with Crippen molar-refractivity contribution in [2.75, 3.05) is 38.4 Å². The van der Waals surface area contributed by atoms with Crippen LogP contribution in [0, 0.1) is 6.92 Å². The molecule has 354 valence electrons. The molecule has 66 heavy (non-hydrogen) atoms. The Bertz CT molecular complexity index is 2580. The van der Waals surface area contributed by atoms with Crippen LogP contribution < -0.4 is 14.4 Å². The number of benzene rings is 4. The summed E-state index contributed by atoms with van der Waals surface area (Å²) in [7, 11) is 0.914. The number of aliphatic hydroxyl groups is 4. The molecule has 6 rings (SSSR count). The summed E-state index contributed by atoms with van der Waals surface area (Å²) in [5.74, 6) is -7.14. The molecule has 4 amide bonds. The fourth-order valence-electron chi connectivity index (χ4n) is 7.82. The van der Waals surface area contributed by atoms with E-state index in [1.165, 1.54) is 0 Å². The first-order valence-electron chi connectivity index (χ1n) is 18.9. The van der Waals surface area contributed by atoms with Gasteiger partial charge in [-0.05, 0) is 77.2 Å². The topological polar surface area (TPSA) is 174 Å². The first-order valence-corrected chi connectivity index (χ1v) is 18.9. The molecule has 2 heterocycles. The number of halogens is 12. The van der Waals surface area contributed by atoms with Gasteiger partial charge in [-0.3, -0.25) is 24.1 Å². The minimum Gasteiger partial charge on any atom is -0.491 e. The van der Waals surface area contributed by atoms with Crippen molar-refractivity contribution >= 4 is 29.3 Å². The van der Waals surface area contributed by atoms with E-state index < -0.39 is 154 Å². The molecular formula is C42H32F12N2O10. The van der Waals surface area contributed by atoms with Crippen LogP contribution in [0.4, 0.5) is 58.4 Å². The lowest BCUT2D eigenvalue weighted by molar-refractivity contribution is -0.290. The molecule has 4 N–H and O–H groups in total. The van der Waals surface area contributed by atoms with Gasteiger partial charge in [-0.2, -0.15) is 52.7 Å². The zero-order valence-corrected chi connectivity index (χ0v) is 33.6. The van der Waals surface area contributed by atoms with Crippen LogP contribution in [-0.2, 0) is 10.8 Å². The number of imide groups is 2. The summed E-state index contributed by atoms with van der Waals surface area (Å²) in [5, 5.41) is 37.9. The van der Waals surface area contributed by atoms with E-state index in [0.717, 1.165) is 14.0 Å². The molecule has 0 aromatic heterocycles. The average molecular weight is 953 g/mol. The van der Waals surface area contributed by atoms with Crippen LogP contribution in [0.3, 0.4) is 0 Å². The Morgan fingerprint density at radius 2 is 0.848 bits per heavy atom. The van der Waals surface area contributed by atoms with E-state index in [0.29, 0.717) is 41.3 Å². The highest BCUT2D eigenvalue weighted by molar-refractivity contribution is 6.35. The summed E-state index contributed by atoms with van der Waals surface area (Å²) in [6.45, 7) is -2.46. The summed E-state index contributed by atoms with van der Waals surface area (Å²) in [6, 6.07) is 3.59. The molecule has 0 radical (unpaired) electrons. The van der Waals surface area contributed by atoms with Crippen LogP contribution >= 0.6 is 0 Å². The number of amides is 4. The molecule has 0 aliphatic carbocycles. The number of carbonyl (C=O) groups is 4. The van der Waals surface area contributed by atoms with Crippen LogP contribution in [0.1, 0.15) is 69.2 Å². The van der Waals surface area contributed by atoms with E-state index in [1.807, 2.05) is 0 Å². The second kappa shape index (κ2) is 16.9. The van der Waals surface area contributed by atoms with Gasteiger partial charge in [-0.25, -0.2) is 4.90 Å². The van der Waals surface area contributed by atoms with Gasteiger partial charge >= 0.3 is 24.7 Å². The van der Waals surface area contributed by atoms with Gasteiger partial charge in [-0.1, -0.05) is 30.3 Å². The summed E-state index contributed by atoms with van der Waals surface area (Å²) < 4.78 is 194. The third-order valence-corrected chi connectivity index (χ3v) is 11.1. The molecule has 2 unspecified atom stereocenters.